The number of carbonyl (C=O) groups excluding carboxylic acids is 1. The standard InChI is InChI=1S/C38H44FNO6/c1-22(2)34-30(18-17-27-20-28(45-38(6,7)44-27)21-32(41)46-37(3,4)5)33(24-13-15-26(39)16-14-24)29-10-8-9-23-11-12-25(36(42)43)19-31(23)35(29)40-34/h11-19,22,27-28H,8-10,20-21H2,1-7H3,(H,42,43)/b18-17+/t27-,28-/m1/s1. The number of aromatic carboxylic acids is 1. The fourth-order valence-corrected chi connectivity index (χ4v) is 6.45. The first-order chi connectivity index (χ1) is 21.6. The van der Waals surface area contributed by atoms with Crippen LogP contribution in [-0.4, -0.2) is 45.6 Å². The molecular formula is C38H44FNO6. The molecule has 2 aliphatic rings. The van der Waals surface area contributed by atoms with E-state index in [2.05, 4.69) is 13.8 Å². The zero-order chi connectivity index (χ0) is 33.4. The van der Waals surface area contributed by atoms with Gasteiger partial charge in [-0.2, -0.15) is 0 Å². The Kier molecular flexibility index (Phi) is 9.52. The average Bonchev–Trinajstić information content (AvgIpc) is 3.12. The number of aromatic nitrogens is 1. The van der Waals surface area contributed by atoms with Gasteiger partial charge in [0.15, 0.2) is 5.79 Å². The van der Waals surface area contributed by atoms with Gasteiger partial charge in [0.1, 0.15) is 11.4 Å². The Hall–Kier alpha value is -3.88. The van der Waals surface area contributed by atoms with Crippen molar-refractivity contribution in [1.29, 1.82) is 0 Å². The quantitative estimate of drug-likeness (QED) is 0.262. The second kappa shape index (κ2) is 13.1. The maximum Gasteiger partial charge on any atom is 0.335 e. The molecule has 2 heterocycles. The third-order valence-corrected chi connectivity index (χ3v) is 8.20. The molecule has 0 amide bonds. The summed E-state index contributed by atoms with van der Waals surface area (Å²) in [6.07, 6.45) is 6.26. The fourth-order valence-electron chi connectivity index (χ4n) is 6.45. The number of nitrogens with zero attached hydrogens (tertiary/aromatic N) is 1. The lowest BCUT2D eigenvalue weighted by Crippen LogP contribution is -2.45. The molecule has 0 unspecified atom stereocenters. The van der Waals surface area contributed by atoms with E-state index < -0.39 is 17.4 Å². The van der Waals surface area contributed by atoms with E-state index >= 15 is 0 Å². The van der Waals surface area contributed by atoms with Crippen molar-refractivity contribution in [3.05, 3.63) is 82.3 Å². The molecule has 1 aliphatic carbocycles. The SMILES string of the molecule is CC(C)c1nc2c(c(-c3ccc(F)cc3)c1/C=C/[C@@H]1C[C@H](CC(=O)OC(C)(C)C)OC(C)(C)O1)CCCc1ccc(C(=O)O)cc1-2. The zero-order valence-electron chi connectivity index (χ0n) is 27.8. The van der Waals surface area contributed by atoms with E-state index in [1.165, 1.54) is 12.1 Å². The minimum absolute atomic E-state index is 0.0190. The third-order valence-electron chi connectivity index (χ3n) is 8.20. The van der Waals surface area contributed by atoms with Crippen molar-refractivity contribution in [3.63, 3.8) is 0 Å². The number of carboxylic acid groups (broad SMARTS) is 1. The number of hydrogen-bond donors (Lipinski definition) is 1. The van der Waals surface area contributed by atoms with Crippen LogP contribution in [0.1, 0.15) is 106 Å². The van der Waals surface area contributed by atoms with Crippen LogP contribution in [0.15, 0.2) is 48.5 Å². The van der Waals surface area contributed by atoms with E-state index in [1.807, 2.05) is 52.8 Å². The van der Waals surface area contributed by atoms with Crippen LogP contribution in [0, 0.1) is 5.82 Å². The summed E-state index contributed by atoms with van der Waals surface area (Å²) in [5.41, 5.74) is 6.87. The summed E-state index contributed by atoms with van der Waals surface area (Å²) in [7, 11) is 0. The molecule has 2 atom stereocenters. The van der Waals surface area contributed by atoms with Crippen molar-refractivity contribution in [2.24, 2.45) is 0 Å². The first kappa shape index (κ1) is 33.5. The van der Waals surface area contributed by atoms with Gasteiger partial charge in [-0.25, -0.2) is 9.18 Å². The second-order valence-electron chi connectivity index (χ2n) is 14.0. The predicted octanol–water partition coefficient (Wildman–Crippen LogP) is 8.52. The summed E-state index contributed by atoms with van der Waals surface area (Å²) in [4.78, 5) is 29.9. The van der Waals surface area contributed by atoms with Crippen molar-refractivity contribution in [3.8, 4) is 22.4 Å². The first-order valence-corrected chi connectivity index (χ1v) is 16.0. The minimum atomic E-state index is -0.986. The molecule has 0 radical (unpaired) electrons. The lowest BCUT2D eigenvalue weighted by molar-refractivity contribution is -0.290. The molecule has 3 aromatic rings. The van der Waals surface area contributed by atoms with Crippen molar-refractivity contribution < 1.29 is 33.3 Å². The van der Waals surface area contributed by atoms with Gasteiger partial charge in [0.25, 0.3) is 0 Å². The van der Waals surface area contributed by atoms with Gasteiger partial charge in [-0.3, -0.25) is 9.78 Å². The van der Waals surface area contributed by atoms with E-state index in [4.69, 9.17) is 19.2 Å². The number of aryl methyl sites for hydroxylation is 1. The van der Waals surface area contributed by atoms with E-state index in [1.54, 1.807) is 24.3 Å². The van der Waals surface area contributed by atoms with E-state index in [9.17, 15) is 19.1 Å². The number of hydrogen-bond acceptors (Lipinski definition) is 6. The van der Waals surface area contributed by atoms with Crippen LogP contribution in [0.4, 0.5) is 4.39 Å². The number of ether oxygens (including phenoxy) is 3. The van der Waals surface area contributed by atoms with Crippen molar-refractivity contribution in [2.75, 3.05) is 0 Å². The Morgan fingerprint density at radius 3 is 2.48 bits per heavy atom. The Morgan fingerprint density at radius 2 is 1.83 bits per heavy atom. The monoisotopic (exact) mass is 629 g/mol. The molecule has 1 N–H and O–H groups in total. The average molecular weight is 630 g/mol. The van der Waals surface area contributed by atoms with Crippen molar-refractivity contribution in [1.82, 2.24) is 4.98 Å². The first-order valence-electron chi connectivity index (χ1n) is 16.0. The van der Waals surface area contributed by atoms with E-state index in [0.29, 0.717) is 6.42 Å². The molecule has 1 aromatic heterocycles. The summed E-state index contributed by atoms with van der Waals surface area (Å²) in [6, 6.07) is 11.8. The van der Waals surface area contributed by atoms with Crippen LogP contribution in [0.2, 0.25) is 0 Å². The van der Waals surface area contributed by atoms with Gasteiger partial charge in [0.2, 0.25) is 0 Å². The van der Waals surface area contributed by atoms with Gasteiger partial charge in [-0.1, -0.05) is 44.2 Å². The summed E-state index contributed by atoms with van der Waals surface area (Å²) >= 11 is 0. The van der Waals surface area contributed by atoms with Gasteiger partial charge in [0.05, 0.1) is 35.6 Å². The van der Waals surface area contributed by atoms with E-state index in [0.717, 1.165) is 64.0 Å². The molecule has 1 fully saturated rings. The Labute approximate surface area is 270 Å². The molecule has 0 spiro atoms. The van der Waals surface area contributed by atoms with Crippen molar-refractivity contribution >= 4 is 18.0 Å². The number of pyridine rings is 1. The van der Waals surface area contributed by atoms with Gasteiger partial charge >= 0.3 is 11.9 Å². The van der Waals surface area contributed by atoms with Gasteiger partial charge in [0, 0.05) is 17.5 Å². The molecule has 0 bridgehead atoms. The van der Waals surface area contributed by atoms with Gasteiger partial charge in [-0.15, -0.1) is 0 Å². The van der Waals surface area contributed by atoms with Crippen LogP contribution in [0.5, 0.6) is 0 Å². The lowest BCUT2D eigenvalue weighted by Gasteiger charge is -2.40. The predicted molar refractivity (Wildman–Crippen MR) is 176 cm³/mol. The van der Waals surface area contributed by atoms with E-state index in [-0.39, 0.29) is 41.9 Å². The molecule has 1 aliphatic heterocycles. The van der Waals surface area contributed by atoms with Crippen LogP contribution in [0.3, 0.4) is 0 Å². The molecule has 1 saturated heterocycles. The lowest BCUT2D eigenvalue weighted by atomic mass is 9.86. The fraction of sp³-hybridized carbons (Fsp3) is 0.447. The highest BCUT2D eigenvalue weighted by atomic mass is 19.1. The highest BCUT2D eigenvalue weighted by Crippen LogP contribution is 2.42. The topological polar surface area (TPSA) is 95.0 Å². The minimum Gasteiger partial charge on any atom is -0.478 e. The summed E-state index contributed by atoms with van der Waals surface area (Å²) in [6.45, 7) is 13.4. The molecule has 8 heteroatoms. The number of halogens is 1. The molecule has 2 aromatic carbocycles. The highest BCUT2D eigenvalue weighted by molar-refractivity contribution is 5.91. The van der Waals surface area contributed by atoms with Crippen LogP contribution >= 0.6 is 0 Å². The highest BCUT2D eigenvalue weighted by Gasteiger charge is 2.36. The normalized spacial score (nSPS) is 19.4. The Balaban J connectivity index is 1.63. The van der Waals surface area contributed by atoms with Gasteiger partial charge < -0.3 is 19.3 Å². The molecule has 7 nitrogen and oxygen atoms in total. The molecular weight excluding hydrogens is 585 g/mol. The van der Waals surface area contributed by atoms with Gasteiger partial charge in [-0.05, 0) is 106 Å². The maximum atomic E-state index is 14.2. The number of benzene rings is 2. The van der Waals surface area contributed by atoms with Crippen molar-refractivity contribution in [2.45, 2.75) is 110 Å². The Morgan fingerprint density at radius 1 is 1.11 bits per heavy atom. The molecule has 5 rings (SSSR count). The number of carboxylic acids is 1. The smallest absolute Gasteiger partial charge is 0.335 e. The largest absolute Gasteiger partial charge is 0.478 e. The molecule has 46 heavy (non-hydrogen) atoms. The van der Waals surface area contributed by atoms with Crippen LogP contribution in [0.25, 0.3) is 28.5 Å². The number of fused-ring (bicyclic) bond motifs is 3. The second-order valence-corrected chi connectivity index (χ2v) is 14.0. The van der Waals surface area contributed by atoms with Crippen LogP contribution in [-0.2, 0) is 31.8 Å². The molecule has 244 valence electrons. The maximum absolute atomic E-state index is 14.2. The summed E-state index contributed by atoms with van der Waals surface area (Å²) in [5, 5.41) is 9.79. The third kappa shape index (κ3) is 7.73. The summed E-state index contributed by atoms with van der Waals surface area (Å²) < 4.78 is 32.1. The number of rotatable bonds is 7. The Bertz CT molecular complexity index is 1650. The summed E-state index contributed by atoms with van der Waals surface area (Å²) in [5.74, 6) is -2.53. The van der Waals surface area contributed by atoms with Crippen LogP contribution < -0.4 is 0 Å². The molecule has 0 saturated carbocycles. The number of esters is 1. The number of carbonyl (C=O) groups is 2. The zero-order valence-corrected chi connectivity index (χ0v) is 27.8.